The molecule has 0 fully saturated rings. The number of phosphoric ester groups is 2. The maximum absolute atomic E-state index is 13.1. The van der Waals surface area contributed by atoms with E-state index in [1.54, 1.807) is 0 Å². The summed E-state index contributed by atoms with van der Waals surface area (Å²) in [6.45, 7) is 3.27. The summed E-state index contributed by atoms with van der Waals surface area (Å²) in [5, 5.41) is 10.6. The molecule has 0 aliphatic carbocycles. The topological polar surface area (TPSA) is 237 Å². The van der Waals surface area contributed by atoms with Crippen LogP contribution in [0.3, 0.4) is 0 Å². The summed E-state index contributed by atoms with van der Waals surface area (Å²) in [6, 6.07) is 0. The summed E-state index contributed by atoms with van der Waals surface area (Å²) in [5.74, 6) is -1.60. The highest BCUT2D eigenvalue weighted by Crippen LogP contribution is 2.45. The van der Waals surface area contributed by atoms with E-state index >= 15 is 0 Å². The maximum atomic E-state index is 13.1. The second kappa shape index (κ2) is 76.0. The van der Waals surface area contributed by atoms with Gasteiger partial charge in [0, 0.05) is 32.3 Å². The summed E-state index contributed by atoms with van der Waals surface area (Å²) in [4.78, 5) is 70.4. The average molecular weight is 1470 g/mol. The Morgan fingerprint density at radius 1 is 0.314 bits per heavy atom. The van der Waals surface area contributed by atoms with E-state index in [1.165, 1.54) is 57.8 Å². The van der Waals surface area contributed by atoms with Gasteiger partial charge < -0.3 is 38.6 Å². The van der Waals surface area contributed by atoms with Crippen LogP contribution in [-0.2, 0) is 65.4 Å². The molecule has 0 aliphatic heterocycles. The predicted molar refractivity (Wildman–Crippen MR) is 418 cm³/mol. The zero-order valence-electron chi connectivity index (χ0n) is 63.5. The van der Waals surface area contributed by atoms with Crippen molar-refractivity contribution in [2.24, 2.45) is 0 Å². The number of aliphatic hydroxyl groups excluding tert-OH is 1. The monoisotopic (exact) mass is 1470 g/mol. The minimum atomic E-state index is -4.97. The lowest BCUT2D eigenvalue weighted by Gasteiger charge is -2.21. The molecule has 19 heteroatoms. The Morgan fingerprint density at radius 2 is 0.588 bits per heavy atom. The van der Waals surface area contributed by atoms with Crippen LogP contribution >= 0.6 is 15.6 Å². The van der Waals surface area contributed by atoms with E-state index < -0.39 is 84.9 Å². The van der Waals surface area contributed by atoms with Crippen LogP contribution in [0.4, 0.5) is 0 Å². The number of allylic oxidation sites excluding steroid dienone is 22. The van der Waals surface area contributed by atoms with Gasteiger partial charge in [-0.3, -0.25) is 32.5 Å². The van der Waals surface area contributed by atoms with Gasteiger partial charge in [0.2, 0.25) is 0 Å². The summed E-state index contributed by atoms with van der Waals surface area (Å²) in [5.41, 5.74) is 0. The van der Waals surface area contributed by atoms with Crippen LogP contribution in [0.2, 0.25) is 0 Å². The Kier molecular flexibility index (Phi) is 72.6. The van der Waals surface area contributed by atoms with Crippen molar-refractivity contribution in [3.05, 3.63) is 134 Å². The molecule has 0 saturated carbocycles. The van der Waals surface area contributed by atoms with Crippen molar-refractivity contribution in [3.8, 4) is 0 Å². The molecule has 0 rings (SSSR count). The van der Waals surface area contributed by atoms with Crippen LogP contribution in [0.1, 0.15) is 303 Å². The van der Waals surface area contributed by atoms with E-state index in [2.05, 4.69) is 136 Å². The second-order valence-electron chi connectivity index (χ2n) is 25.9. The van der Waals surface area contributed by atoms with E-state index in [9.17, 15) is 43.2 Å². The quantitative estimate of drug-likeness (QED) is 0.0128. The van der Waals surface area contributed by atoms with Crippen molar-refractivity contribution < 1.29 is 80.2 Å². The zero-order valence-corrected chi connectivity index (χ0v) is 65.3. The lowest BCUT2D eigenvalue weighted by atomic mass is 10.1. The first-order valence-corrected chi connectivity index (χ1v) is 42.4. The molecule has 584 valence electrons. The first kappa shape index (κ1) is 97.4. The van der Waals surface area contributed by atoms with Crippen molar-refractivity contribution in [2.75, 3.05) is 46.2 Å². The Morgan fingerprint density at radius 3 is 0.971 bits per heavy atom. The first-order valence-electron chi connectivity index (χ1n) is 39.4. The van der Waals surface area contributed by atoms with Gasteiger partial charge in [-0.2, -0.15) is 0 Å². The number of phosphoric acid groups is 2. The Hall–Kier alpha value is -4.64. The van der Waals surface area contributed by atoms with Crippen LogP contribution in [0.5, 0.6) is 0 Å². The SMILES string of the molecule is CCCCC/C=C\C/C=C\C/C=C\C/C=C\CCCC(=O)OC[C@H](COP(=O)(O)OC[C@@H](O)COP(=O)(O)OC[C@@H](COC(=O)CCCCCCC/C=C\C/C=C\CCCCC)OC(=O)CCC/C=C\C/C=C\C/C=C\C/C=C\CCCCC)OCCCCCCC/C=C\CCCCCCC=O. The maximum Gasteiger partial charge on any atom is 0.472 e. The van der Waals surface area contributed by atoms with Crippen LogP contribution in [0, 0.1) is 0 Å². The van der Waals surface area contributed by atoms with Gasteiger partial charge in [-0.1, -0.05) is 244 Å². The molecule has 3 N–H and O–H groups in total. The molecule has 0 aliphatic rings. The molecule has 0 spiro atoms. The van der Waals surface area contributed by atoms with Crippen LogP contribution < -0.4 is 0 Å². The molecule has 0 saturated heterocycles. The molecule has 17 nitrogen and oxygen atoms in total. The molecule has 0 radical (unpaired) electrons. The standard InChI is InChI=1S/C83H140O17P2/c1-4-7-10-13-16-19-22-25-28-30-33-38-43-47-52-57-62-67-81(86)94-74-79(93-71-66-61-56-51-46-41-36-35-40-45-50-55-60-65-70-84)76-98-101(89,90)96-72-78(85)73-97-102(91,92)99-77-80(75-95-82(87)68-63-58-53-48-42-37-32-27-24-21-18-15-12-9-6-3)100-83(88)69-64-59-54-49-44-39-34-31-29-26-23-20-17-14-11-8-5-2/h16-21,25-29,32-36,38-39,47,49,52,54,70,78-80,85H,4-15,22-24,30-31,37,40-46,48,50-51,53,55-69,71-77H2,1-3H3,(H,89,90)(H,91,92)/b19-16-,20-17-,21-18-,28-25-,29-26-,32-27-,36-35-,38-33-,39-34-,52-47-,54-49-/t78-,79-,80-/m1/s1. The van der Waals surface area contributed by atoms with Gasteiger partial charge in [-0.25, -0.2) is 9.13 Å². The highest BCUT2D eigenvalue weighted by atomic mass is 31.2. The van der Waals surface area contributed by atoms with Gasteiger partial charge in [-0.05, 0) is 167 Å². The molecule has 0 aromatic carbocycles. The molecule has 0 aromatic heterocycles. The molecular formula is C83H140O17P2. The van der Waals surface area contributed by atoms with E-state index in [0.29, 0.717) is 44.9 Å². The fourth-order valence-electron chi connectivity index (χ4n) is 10.0. The third-order valence-electron chi connectivity index (χ3n) is 16.1. The van der Waals surface area contributed by atoms with Crippen LogP contribution in [0.15, 0.2) is 134 Å². The smallest absolute Gasteiger partial charge is 0.463 e. The summed E-state index contributed by atoms with van der Waals surface area (Å²) < 4.78 is 69.1. The summed E-state index contributed by atoms with van der Waals surface area (Å²) >= 11 is 0. The van der Waals surface area contributed by atoms with Gasteiger partial charge in [0.25, 0.3) is 0 Å². The minimum absolute atomic E-state index is 0.0228. The minimum Gasteiger partial charge on any atom is -0.463 e. The fraction of sp³-hybridized carbons (Fsp3) is 0.687. The number of aliphatic hydroxyl groups is 1. The zero-order chi connectivity index (χ0) is 74.4. The number of esters is 3. The Labute approximate surface area is 618 Å². The van der Waals surface area contributed by atoms with Gasteiger partial charge in [0.1, 0.15) is 31.7 Å². The normalized spacial score (nSPS) is 14.6. The third kappa shape index (κ3) is 75.1. The van der Waals surface area contributed by atoms with E-state index in [-0.39, 0.29) is 32.5 Å². The van der Waals surface area contributed by atoms with Gasteiger partial charge in [-0.15, -0.1) is 0 Å². The molecule has 102 heavy (non-hydrogen) atoms. The third-order valence-corrected chi connectivity index (χ3v) is 18.0. The first-order chi connectivity index (χ1) is 49.8. The fourth-order valence-corrected chi connectivity index (χ4v) is 11.6. The van der Waals surface area contributed by atoms with E-state index in [4.69, 9.17) is 37.0 Å². The van der Waals surface area contributed by atoms with Crippen molar-refractivity contribution in [1.29, 1.82) is 0 Å². The van der Waals surface area contributed by atoms with Gasteiger partial charge in [0.15, 0.2) is 6.10 Å². The van der Waals surface area contributed by atoms with Crippen molar-refractivity contribution in [3.63, 3.8) is 0 Å². The van der Waals surface area contributed by atoms with Gasteiger partial charge in [0.05, 0.1) is 26.4 Å². The van der Waals surface area contributed by atoms with E-state index in [0.717, 1.165) is 167 Å². The largest absolute Gasteiger partial charge is 0.472 e. The van der Waals surface area contributed by atoms with E-state index in [1.807, 2.05) is 18.2 Å². The number of carbonyl (C=O) groups excluding carboxylic acids is 4. The number of aldehydes is 1. The average Bonchev–Trinajstić information content (AvgIpc) is 1.04. The highest BCUT2D eigenvalue weighted by Gasteiger charge is 2.30. The summed E-state index contributed by atoms with van der Waals surface area (Å²) in [6.07, 6.45) is 85.1. The molecule has 0 bridgehead atoms. The lowest BCUT2D eigenvalue weighted by molar-refractivity contribution is -0.161. The number of carbonyl (C=O) groups is 4. The molecule has 0 aromatic rings. The van der Waals surface area contributed by atoms with Crippen LogP contribution in [-0.4, -0.2) is 104 Å². The number of unbranched alkanes of at least 4 members (excludes halogenated alkanes) is 26. The highest BCUT2D eigenvalue weighted by molar-refractivity contribution is 7.47. The molecular weight excluding hydrogens is 1330 g/mol. The van der Waals surface area contributed by atoms with Gasteiger partial charge >= 0.3 is 33.6 Å². The van der Waals surface area contributed by atoms with Crippen LogP contribution in [0.25, 0.3) is 0 Å². The second-order valence-corrected chi connectivity index (χ2v) is 28.8. The van der Waals surface area contributed by atoms with Crippen molar-refractivity contribution >= 4 is 39.8 Å². The van der Waals surface area contributed by atoms with Crippen molar-refractivity contribution in [2.45, 2.75) is 322 Å². The number of ether oxygens (including phenoxy) is 4. The Bertz CT molecular complexity index is 2420. The Balaban J connectivity index is 5.41. The predicted octanol–water partition coefficient (Wildman–Crippen LogP) is 22.5. The summed E-state index contributed by atoms with van der Waals surface area (Å²) in [7, 11) is -9.85. The number of hydrogen-bond donors (Lipinski definition) is 3. The van der Waals surface area contributed by atoms with Crippen molar-refractivity contribution in [1.82, 2.24) is 0 Å². The number of rotatable bonds is 75. The lowest BCUT2D eigenvalue weighted by Crippen LogP contribution is -2.30. The molecule has 0 heterocycles. The molecule has 2 unspecified atom stereocenters. The number of hydrogen-bond acceptors (Lipinski definition) is 15. The molecule has 5 atom stereocenters. The molecule has 0 amide bonds.